The van der Waals surface area contributed by atoms with E-state index < -0.39 is 0 Å². The van der Waals surface area contributed by atoms with E-state index >= 15 is 0 Å². The zero-order valence-electron chi connectivity index (χ0n) is 9.67. The molecule has 1 heterocycles. The van der Waals surface area contributed by atoms with Gasteiger partial charge in [-0.2, -0.15) is 0 Å². The first-order valence-corrected chi connectivity index (χ1v) is 6.73. The van der Waals surface area contributed by atoms with Crippen molar-refractivity contribution >= 4 is 38.6 Å². The van der Waals surface area contributed by atoms with Crippen molar-refractivity contribution in [2.45, 2.75) is 6.92 Å². The van der Waals surface area contributed by atoms with E-state index in [1.807, 2.05) is 43.3 Å². The van der Waals surface area contributed by atoms with E-state index in [0.29, 0.717) is 0 Å². The molecular formula is C14H10BrClN2. The van der Waals surface area contributed by atoms with E-state index in [1.165, 1.54) is 0 Å². The summed E-state index contributed by atoms with van der Waals surface area (Å²) in [6, 6.07) is 11.8. The molecule has 1 N–H and O–H groups in total. The van der Waals surface area contributed by atoms with E-state index in [1.54, 1.807) is 0 Å². The Morgan fingerprint density at radius 2 is 2.06 bits per heavy atom. The van der Waals surface area contributed by atoms with Gasteiger partial charge in [0.05, 0.1) is 5.52 Å². The topological polar surface area (TPSA) is 28.7 Å². The first-order chi connectivity index (χ1) is 8.65. The van der Waals surface area contributed by atoms with Gasteiger partial charge < -0.3 is 4.98 Å². The Morgan fingerprint density at radius 1 is 1.22 bits per heavy atom. The highest BCUT2D eigenvalue weighted by molar-refractivity contribution is 9.10. The SMILES string of the molecule is Cc1ccc(Cl)cc1-c1nc2c(Br)cccc2[nH]1. The fraction of sp³-hybridized carbons (Fsp3) is 0.0714. The first-order valence-electron chi connectivity index (χ1n) is 5.56. The number of aryl methyl sites for hydroxylation is 1. The van der Waals surface area contributed by atoms with Crippen LogP contribution >= 0.6 is 27.5 Å². The number of hydrogen-bond donors (Lipinski definition) is 1. The Balaban J connectivity index is 2.26. The molecule has 0 radical (unpaired) electrons. The van der Waals surface area contributed by atoms with Gasteiger partial charge >= 0.3 is 0 Å². The quantitative estimate of drug-likeness (QED) is 0.674. The third kappa shape index (κ3) is 1.93. The van der Waals surface area contributed by atoms with Crippen molar-refractivity contribution in [2.24, 2.45) is 0 Å². The number of aromatic nitrogens is 2. The number of fused-ring (bicyclic) bond motifs is 1. The average Bonchev–Trinajstić information content (AvgIpc) is 2.77. The summed E-state index contributed by atoms with van der Waals surface area (Å²) in [6.45, 7) is 2.05. The number of nitrogens with zero attached hydrogens (tertiary/aromatic N) is 1. The molecule has 3 rings (SSSR count). The lowest BCUT2D eigenvalue weighted by Crippen LogP contribution is -1.85. The second-order valence-electron chi connectivity index (χ2n) is 4.18. The standard InChI is InChI=1S/C14H10BrClN2/c1-8-5-6-9(16)7-10(8)14-17-12-4-2-3-11(15)13(12)18-14/h2-7H,1H3,(H,17,18). The number of para-hydroxylation sites is 1. The molecular weight excluding hydrogens is 312 g/mol. The van der Waals surface area contributed by atoms with Crippen LogP contribution in [-0.2, 0) is 0 Å². The fourth-order valence-electron chi connectivity index (χ4n) is 1.97. The van der Waals surface area contributed by atoms with Crippen LogP contribution in [0.15, 0.2) is 40.9 Å². The highest BCUT2D eigenvalue weighted by Gasteiger charge is 2.09. The number of halogens is 2. The van der Waals surface area contributed by atoms with Crippen molar-refractivity contribution in [1.82, 2.24) is 9.97 Å². The Hall–Kier alpha value is -1.32. The predicted molar refractivity (Wildman–Crippen MR) is 79.0 cm³/mol. The number of H-pyrrole nitrogens is 1. The van der Waals surface area contributed by atoms with Gasteiger partial charge in [0, 0.05) is 15.1 Å². The van der Waals surface area contributed by atoms with Gasteiger partial charge in [0.15, 0.2) is 0 Å². The minimum Gasteiger partial charge on any atom is -0.338 e. The Bertz CT molecular complexity index is 734. The number of hydrogen-bond acceptors (Lipinski definition) is 1. The Kier molecular flexibility index (Phi) is 2.88. The van der Waals surface area contributed by atoms with Crippen molar-refractivity contribution in [3.63, 3.8) is 0 Å². The van der Waals surface area contributed by atoms with Gasteiger partial charge in [-0.3, -0.25) is 0 Å². The first kappa shape index (κ1) is 11.8. The Morgan fingerprint density at radius 3 is 2.83 bits per heavy atom. The summed E-state index contributed by atoms with van der Waals surface area (Å²) < 4.78 is 0.988. The number of aromatic amines is 1. The summed E-state index contributed by atoms with van der Waals surface area (Å²) in [5.41, 5.74) is 4.13. The maximum Gasteiger partial charge on any atom is 0.138 e. The molecule has 0 aliphatic rings. The molecule has 0 aliphatic carbocycles. The maximum absolute atomic E-state index is 6.05. The van der Waals surface area contributed by atoms with E-state index in [4.69, 9.17) is 11.6 Å². The lowest BCUT2D eigenvalue weighted by atomic mass is 10.1. The summed E-state index contributed by atoms with van der Waals surface area (Å²) in [5, 5.41) is 0.718. The number of imidazole rings is 1. The van der Waals surface area contributed by atoms with E-state index in [9.17, 15) is 0 Å². The Labute approximate surface area is 118 Å². The van der Waals surface area contributed by atoms with Crippen LogP contribution in [0.2, 0.25) is 5.02 Å². The average molecular weight is 322 g/mol. The summed E-state index contributed by atoms with van der Waals surface area (Å²) in [7, 11) is 0. The molecule has 0 aliphatic heterocycles. The van der Waals surface area contributed by atoms with Crippen molar-refractivity contribution in [3.05, 3.63) is 51.5 Å². The van der Waals surface area contributed by atoms with Gasteiger partial charge in [0.25, 0.3) is 0 Å². The molecule has 0 bridgehead atoms. The molecule has 0 unspecified atom stereocenters. The van der Waals surface area contributed by atoms with Crippen molar-refractivity contribution in [1.29, 1.82) is 0 Å². The van der Waals surface area contributed by atoms with Crippen molar-refractivity contribution in [3.8, 4) is 11.4 Å². The number of benzene rings is 2. The third-order valence-electron chi connectivity index (χ3n) is 2.92. The zero-order valence-corrected chi connectivity index (χ0v) is 12.0. The monoisotopic (exact) mass is 320 g/mol. The van der Waals surface area contributed by atoms with Crippen LogP contribution in [0.25, 0.3) is 22.4 Å². The molecule has 0 fully saturated rings. The molecule has 1 aromatic heterocycles. The van der Waals surface area contributed by atoms with Crippen LogP contribution in [0.3, 0.4) is 0 Å². The lowest BCUT2D eigenvalue weighted by molar-refractivity contribution is 1.31. The summed E-state index contributed by atoms with van der Waals surface area (Å²) in [6.07, 6.45) is 0. The second kappa shape index (κ2) is 4.41. The molecule has 0 amide bonds. The van der Waals surface area contributed by atoms with E-state index in [-0.39, 0.29) is 0 Å². The molecule has 3 aromatic rings. The van der Waals surface area contributed by atoms with Crippen LogP contribution in [0, 0.1) is 6.92 Å². The largest absolute Gasteiger partial charge is 0.338 e. The van der Waals surface area contributed by atoms with Crippen LogP contribution in [0.5, 0.6) is 0 Å². The van der Waals surface area contributed by atoms with E-state index in [0.717, 1.165) is 37.5 Å². The van der Waals surface area contributed by atoms with Gasteiger partial charge in [-0.1, -0.05) is 23.7 Å². The highest BCUT2D eigenvalue weighted by Crippen LogP contribution is 2.29. The van der Waals surface area contributed by atoms with Crippen LogP contribution in [-0.4, -0.2) is 9.97 Å². The van der Waals surface area contributed by atoms with Crippen LogP contribution in [0.1, 0.15) is 5.56 Å². The minimum atomic E-state index is 0.718. The number of rotatable bonds is 1. The molecule has 0 saturated heterocycles. The minimum absolute atomic E-state index is 0.718. The van der Waals surface area contributed by atoms with Crippen molar-refractivity contribution < 1.29 is 0 Å². The van der Waals surface area contributed by atoms with Crippen molar-refractivity contribution in [2.75, 3.05) is 0 Å². The molecule has 4 heteroatoms. The number of nitrogens with one attached hydrogen (secondary N) is 1. The third-order valence-corrected chi connectivity index (χ3v) is 3.79. The predicted octanol–water partition coefficient (Wildman–Crippen LogP) is 4.95. The highest BCUT2D eigenvalue weighted by atomic mass is 79.9. The summed E-state index contributed by atoms with van der Waals surface area (Å²) >= 11 is 9.55. The van der Waals surface area contributed by atoms with E-state index in [2.05, 4.69) is 25.9 Å². The summed E-state index contributed by atoms with van der Waals surface area (Å²) in [4.78, 5) is 7.94. The van der Waals surface area contributed by atoms with Gasteiger partial charge in [0.2, 0.25) is 0 Å². The fourth-order valence-corrected chi connectivity index (χ4v) is 2.60. The molecule has 2 nitrogen and oxygen atoms in total. The smallest absolute Gasteiger partial charge is 0.138 e. The summed E-state index contributed by atoms with van der Waals surface area (Å²) in [5.74, 6) is 0.844. The maximum atomic E-state index is 6.05. The second-order valence-corrected chi connectivity index (χ2v) is 5.47. The van der Waals surface area contributed by atoms with Gasteiger partial charge in [-0.05, 0) is 52.7 Å². The van der Waals surface area contributed by atoms with Crippen LogP contribution in [0.4, 0.5) is 0 Å². The zero-order chi connectivity index (χ0) is 12.7. The van der Waals surface area contributed by atoms with Crippen LogP contribution < -0.4 is 0 Å². The van der Waals surface area contributed by atoms with Gasteiger partial charge in [-0.25, -0.2) is 4.98 Å². The van der Waals surface area contributed by atoms with Gasteiger partial charge in [-0.15, -0.1) is 0 Å². The molecule has 0 spiro atoms. The molecule has 90 valence electrons. The molecule has 2 aromatic carbocycles. The normalized spacial score (nSPS) is 11.1. The van der Waals surface area contributed by atoms with Gasteiger partial charge in [0.1, 0.15) is 11.3 Å². The molecule has 0 saturated carbocycles. The molecule has 18 heavy (non-hydrogen) atoms. The lowest BCUT2D eigenvalue weighted by Gasteiger charge is -2.02. The molecule has 0 atom stereocenters.